The summed E-state index contributed by atoms with van der Waals surface area (Å²) in [5.41, 5.74) is 0.925. The summed E-state index contributed by atoms with van der Waals surface area (Å²) >= 11 is 5.61. The van der Waals surface area contributed by atoms with Crippen LogP contribution in [0, 0.1) is 0 Å². The Hall–Kier alpha value is -1.60. The van der Waals surface area contributed by atoms with Gasteiger partial charge in [0, 0.05) is 22.7 Å². The van der Waals surface area contributed by atoms with Gasteiger partial charge < -0.3 is 9.84 Å². The quantitative estimate of drug-likeness (QED) is 0.634. The third kappa shape index (κ3) is 3.49. The molecule has 0 saturated heterocycles. The molecule has 7 heteroatoms. The van der Waals surface area contributed by atoms with Gasteiger partial charge in [-0.15, -0.1) is 16.9 Å². The van der Waals surface area contributed by atoms with Crippen LogP contribution in [0.5, 0.6) is 5.88 Å². The van der Waals surface area contributed by atoms with Crippen molar-refractivity contribution in [2.24, 2.45) is 0 Å². The summed E-state index contributed by atoms with van der Waals surface area (Å²) in [5, 5.41) is 13.2. The molecule has 0 radical (unpaired) electrons. The fraction of sp³-hybridized carbons (Fsp3) is 0.231. The number of carboxylic acids is 1. The number of thiol groups is 1. The van der Waals surface area contributed by atoms with Crippen LogP contribution in [0.25, 0.3) is 0 Å². The number of thioether (sulfide) groups is 1. The average molecular weight is 310 g/mol. The Morgan fingerprint density at radius 1 is 1.50 bits per heavy atom. The van der Waals surface area contributed by atoms with Gasteiger partial charge in [-0.1, -0.05) is 13.0 Å². The van der Waals surface area contributed by atoms with Crippen LogP contribution >= 0.6 is 24.6 Å². The van der Waals surface area contributed by atoms with Crippen molar-refractivity contribution in [1.29, 1.82) is 0 Å². The van der Waals surface area contributed by atoms with Crippen LogP contribution in [-0.2, 0) is 6.61 Å². The van der Waals surface area contributed by atoms with Gasteiger partial charge in [0.2, 0.25) is 5.88 Å². The predicted octanol–water partition coefficient (Wildman–Crippen LogP) is 2.97. The van der Waals surface area contributed by atoms with Crippen LogP contribution in [0.15, 0.2) is 35.4 Å². The lowest BCUT2D eigenvalue weighted by molar-refractivity contribution is 0.0693. The van der Waals surface area contributed by atoms with Crippen molar-refractivity contribution in [1.82, 2.24) is 9.19 Å². The third-order valence-electron chi connectivity index (χ3n) is 2.58. The molecule has 0 unspecified atom stereocenters. The summed E-state index contributed by atoms with van der Waals surface area (Å²) in [4.78, 5) is 12.2. The molecule has 0 atom stereocenters. The first-order valence-electron chi connectivity index (χ1n) is 5.97. The number of hydrogen-bond donors (Lipinski definition) is 2. The van der Waals surface area contributed by atoms with E-state index in [4.69, 9.17) is 4.74 Å². The second kappa shape index (κ2) is 6.71. The molecule has 0 amide bonds. The maximum atomic E-state index is 11.3. The summed E-state index contributed by atoms with van der Waals surface area (Å²) in [5.74, 6) is 0.316. The summed E-state index contributed by atoms with van der Waals surface area (Å²) in [6.45, 7) is 2.18. The maximum Gasteiger partial charge on any atom is 0.336 e. The zero-order chi connectivity index (χ0) is 14.5. The lowest BCUT2D eigenvalue weighted by Crippen LogP contribution is -2.07. The van der Waals surface area contributed by atoms with Gasteiger partial charge >= 0.3 is 5.97 Å². The predicted molar refractivity (Wildman–Crippen MR) is 80.7 cm³/mol. The Labute approximate surface area is 126 Å². The van der Waals surface area contributed by atoms with E-state index in [9.17, 15) is 9.90 Å². The lowest BCUT2D eigenvalue weighted by atomic mass is 10.1. The minimum absolute atomic E-state index is 0.162. The largest absolute Gasteiger partial charge is 0.478 e. The number of aromatic carboxylic acids is 1. The average Bonchev–Trinajstić information content (AvgIpc) is 2.83. The normalized spacial score (nSPS) is 10.5. The molecule has 2 aromatic rings. The maximum absolute atomic E-state index is 11.3. The van der Waals surface area contributed by atoms with Gasteiger partial charge in [0.05, 0.1) is 5.56 Å². The molecule has 2 rings (SSSR count). The van der Waals surface area contributed by atoms with Crippen molar-refractivity contribution in [3.63, 3.8) is 0 Å². The van der Waals surface area contributed by atoms with Crippen LogP contribution in [0.2, 0.25) is 0 Å². The smallest absolute Gasteiger partial charge is 0.336 e. The molecule has 0 aliphatic heterocycles. The highest BCUT2D eigenvalue weighted by molar-refractivity contribution is 7.99. The second-order valence-electron chi connectivity index (χ2n) is 3.88. The van der Waals surface area contributed by atoms with Crippen LogP contribution in [0.4, 0.5) is 0 Å². The summed E-state index contributed by atoms with van der Waals surface area (Å²) in [6, 6.07) is 6.89. The highest BCUT2D eigenvalue weighted by Gasteiger charge is 2.15. The second-order valence-corrected chi connectivity index (χ2v) is 5.60. The molecule has 0 aliphatic carbocycles. The van der Waals surface area contributed by atoms with Gasteiger partial charge in [0.1, 0.15) is 6.61 Å². The Morgan fingerprint density at radius 3 is 2.90 bits per heavy atom. The van der Waals surface area contributed by atoms with E-state index in [0.29, 0.717) is 11.4 Å². The molecular weight excluding hydrogens is 296 g/mol. The van der Waals surface area contributed by atoms with Gasteiger partial charge in [-0.25, -0.2) is 8.88 Å². The van der Waals surface area contributed by atoms with Gasteiger partial charge in [-0.3, -0.25) is 0 Å². The van der Waals surface area contributed by atoms with Crippen molar-refractivity contribution in [3.8, 4) is 5.88 Å². The summed E-state index contributed by atoms with van der Waals surface area (Å²) in [7, 11) is 0. The first-order chi connectivity index (χ1) is 9.61. The van der Waals surface area contributed by atoms with Gasteiger partial charge in [0.25, 0.3) is 0 Å². The van der Waals surface area contributed by atoms with E-state index in [2.05, 4.69) is 17.9 Å². The van der Waals surface area contributed by atoms with E-state index in [0.717, 1.165) is 10.6 Å². The first-order valence-corrected chi connectivity index (χ1v) is 7.36. The number of carboxylic acid groups (broad SMARTS) is 1. The number of benzene rings is 1. The number of hydrogen-bond acceptors (Lipinski definition) is 5. The molecule has 0 spiro atoms. The molecular formula is C13H14N2O3S2. The Bertz CT molecular complexity index is 613. The van der Waals surface area contributed by atoms with Crippen molar-refractivity contribution < 1.29 is 14.6 Å². The first kappa shape index (κ1) is 14.8. The van der Waals surface area contributed by atoms with E-state index < -0.39 is 5.97 Å². The fourth-order valence-corrected chi connectivity index (χ4v) is 2.71. The highest BCUT2D eigenvalue weighted by atomic mass is 32.2. The van der Waals surface area contributed by atoms with E-state index >= 15 is 0 Å². The summed E-state index contributed by atoms with van der Waals surface area (Å²) in [6.07, 6.45) is 1.64. The molecule has 0 aliphatic rings. The molecule has 0 fully saturated rings. The van der Waals surface area contributed by atoms with Crippen molar-refractivity contribution >= 4 is 30.5 Å². The van der Waals surface area contributed by atoms with Crippen molar-refractivity contribution in [2.45, 2.75) is 18.4 Å². The Balaban J connectivity index is 2.25. The van der Waals surface area contributed by atoms with Crippen LogP contribution < -0.4 is 4.74 Å². The van der Waals surface area contributed by atoms with Crippen LogP contribution in [0.1, 0.15) is 22.8 Å². The van der Waals surface area contributed by atoms with Crippen LogP contribution in [0.3, 0.4) is 0 Å². The van der Waals surface area contributed by atoms with Gasteiger partial charge in [-0.2, -0.15) is 0 Å². The molecule has 0 bridgehead atoms. The molecule has 20 heavy (non-hydrogen) atoms. The standard InChI is InChI=1S/C13H14N2O3S2/c1-2-20-11-5-3-4-9(13(16)17)10(11)8-18-12-6-7-15(19)14-12/h3-7,19H,2,8H2,1H3,(H,16,17). The molecule has 1 aromatic heterocycles. The van der Waals surface area contributed by atoms with Gasteiger partial charge in [0.15, 0.2) is 0 Å². The topological polar surface area (TPSA) is 64.3 Å². The minimum atomic E-state index is -0.957. The van der Waals surface area contributed by atoms with Gasteiger partial charge in [-0.05, 0) is 30.7 Å². The number of rotatable bonds is 6. The number of aromatic nitrogens is 2. The minimum Gasteiger partial charge on any atom is -0.478 e. The molecule has 5 nitrogen and oxygen atoms in total. The Kier molecular flexibility index (Phi) is 4.97. The number of carbonyl (C=O) groups is 1. The van der Waals surface area contributed by atoms with E-state index in [1.54, 1.807) is 36.2 Å². The highest BCUT2D eigenvalue weighted by Crippen LogP contribution is 2.26. The lowest BCUT2D eigenvalue weighted by Gasteiger charge is -2.11. The zero-order valence-electron chi connectivity index (χ0n) is 10.8. The molecule has 1 N–H and O–H groups in total. The van der Waals surface area contributed by atoms with Crippen molar-refractivity contribution in [2.75, 3.05) is 5.75 Å². The van der Waals surface area contributed by atoms with Crippen molar-refractivity contribution in [3.05, 3.63) is 41.6 Å². The zero-order valence-corrected chi connectivity index (χ0v) is 12.5. The molecule has 0 saturated carbocycles. The third-order valence-corrected chi connectivity index (χ3v) is 3.78. The van der Waals surface area contributed by atoms with E-state index in [1.807, 2.05) is 13.0 Å². The SMILES string of the molecule is CCSc1cccc(C(=O)O)c1COc1ccn(S)n1. The monoisotopic (exact) mass is 310 g/mol. The number of ether oxygens (including phenoxy) is 1. The molecule has 1 aromatic carbocycles. The summed E-state index contributed by atoms with van der Waals surface area (Å²) < 4.78 is 6.87. The van der Waals surface area contributed by atoms with E-state index in [-0.39, 0.29) is 12.2 Å². The number of nitrogens with zero attached hydrogens (tertiary/aromatic N) is 2. The van der Waals surface area contributed by atoms with Crippen LogP contribution in [-0.4, -0.2) is 26.0 Å². The molecule has 1 heterocycles. The fourth-order valence-electron chi connectivity index (χ4n) is 1.73. The molecule has 106 valence electrons. The Morgan fingerprint density at radius 2 is 2.30 bits per heavy atom. The van der Waals surface area contributed by atoms with E-state index in [1.165, 1.54) is 4.09 Å².